The lowest BCUT2D eigenvalue weighted by Gasteiger charge is -2.13. The summed E-state index contributed by atoms with van der Waals surface area (Å²) in [5.74, 6) is 0.00612. The quantitative estimate of drug-likeness (QED) is 0.910. The molecular formula is C16H21N3O2. The molecule has 0 spiro atoms. The average molecular weight is 287 g/mol. The molecular weight excluding hydrogens is 266 g/mol. The van der Waals surface area contributed by atoms with Gasteiger partial charge in [0.2, 0.25) is 0 Å². The van der Waals surface area contributed by atoms with Crippen molar-refractivity contribution >= 4 is 17.0 Å². The zero-order chi connectivity index (χ0) is 15.1. The lowest BCUT2D eigenvalue weighted by Crippen LogP contribution is -2.17. The van der Waals surface area contributed by atoms with Crippen LogP contribution in [0.5, 0.6) is 0 Å². The fourth-order valence-corrected chi connectivity index (χ4v) is 3.28. The first-order chi connectivity index (χ1) is 9.97. The number of hydrogen-bond donors (Lipinski definition) is 2. The molecule has 5 heteroatoms. The molecule has 0 saturated carbocycles. The van der Waals surface area contributed by atoms with Crippen molar-refractivity contribution in [2.45, 2.75) is 39.3 Å². The predicted molar refractivity (Wildman–Crippen MR) is 81.3 cm³/mol. The van der Waals surface area contributed by atoms with Gasteiger partial charge in [-0.25, -0.2) is 4.98 Å². The number of aromatic nitrogens is 2. The summed E-state index contributed by atoms with van der Waals surface area (Å²) in [6, 6.07) is 6.76. The third-order valence-corrected chi connectivity index (χ3v) is 4.29. The maximum absolute atomic E-state index is 11.1. The first-order valence-electron chi connectivity index (χ1n) is 7.42. The molecule has 2 unspecified atom stereocenters. The van der Waals surface area contributed by atoms with E-state index in [4.69, 9.17) is 5.11 Å². The Morgan fingerprint density at radius 1 is 1.48 bits per heavy atom. The molecule has 0 amide bonds. The monoisotopic (exact) mass is 287 g/mol. The van der Waals surface area contributed by atoms with E-state index < -0.39 is 5.97 Å². The number of rotatable bonds is 3. The molecule has 112 valence electrons. The lowest BCUT2D eigenvalue weighted by molar-refractivity contribution is -0.141. The van der Waals surface area contributed by atoms with Crippen molar-refractivity contribution in [3.05, 3.63) is 29.6 Å². The summed E-state index contributed by atoms with van der Waals surface area (Å²) in [6.45, 7) is 6.86. The summed E-state index contributed by atoms with van der Waals surface area (Å²) in [5, 5.41) is 12.4. The van der Waals surface area contributed by atoms with Gasteiger partial charge >= 0.3 is 5.97 Å². The van der Waals surface area contributed by atoms with Crippen molar-refractivity contribution in [2.75, 3.05) is 6.54 Å². The summed E-state index contributed by atoms with van der Waals surface area (Å²) in [6.07, 6.45) is 0.644. The largest absolute Gasteiger partial charge is 0.481 e. The van der Waals surface area contributed by atoms with E-state index in [1.165, 1.54) is 0 Å². The summed E-state index contributed by atoms with van der Waals surface area (Å²) in [7, 11) is 0. The van der Waals surface area contributed by atoms with Crippen molar-refractivity contribution < 1.29 is 9.90 Å². The van der Waals surface area contributed by atoms with Crippen molar-refractivity contribution in [3.63, 3.8) is 0 Å². The van der Waals surface area contributed by atoms with Crippen molar-refractivity contribution in [3.8, 4) is 0 Å². The van der Waals surface area contributed by atoms with Crippen LogP contribution in [-0.2, 0) is 4.79 Å². The molecule has 3 rings (SSSR count). The second kappa shape index (κ2) is 5.15. The Bertz CT molecular complexity index is 690. The number of nitrogens with one attached hydrogen (secondary N) is 1. The van der Waals surface area contributed by atoms with E-state index >= 15 is 0 Å². The smallest absolute Gasteiger partial charge is 0.307 e. The maximum Gasteiger partial charge on any atom is 0.307 e. The normalized spacial score (nSPS) is 22.3. The zero-order valence-electron chi connectivity index (χ0n) is 12.6. The van der Waals surface area contributed by atoms with E-state index in [-0.39, 0.29) is 12.0 Å². The number of carbonyl (C=O) groups is 1. The van der Waals surface area contributed by atoms with Gasteiger partial charge in [0.25, 0.3) is 0 Å². The Labute approximate surface area is 124 Å². The van der Waals surface area contributed by atoms with Gasteiger partial charge in [0, 0.05) is 18.6 Å². The van der Waals surface area contributed by atoms with Crippen LogP contribution in [0.3, 0.4) is 0 Å². The molecule has 1 aliphatic heterocycles. The molecule has 1 aromatic heterocycles. The van der Waals surface area contributed by atoms with Crippen LogP contribution in [0, 0.1) is 12.8 Å². The minimum atomic E-state index is -0.717. The fraction of sp³-hybridized carbons (Fsp3) is 0.500. The third-order valence-electron chi connectivity index (χ3n) is 4.29. The van der Waals surface area contributed by atoms with Crippen molar-refractivity contribution in [1.82, 2.24) is 14.9 Å². The van der Waals surface area contributed by atoms with Gasteiger partial charge in [-0.1, -0.05) is 6.07 Å². The fourth-order valence-electron chi connectivity index (χ4n) is 3.28. The van der Waals surface area contributed by atoms with Crippen LogP contribution in [-0.4, -0.2) is 27.2 Å². The van der Waals surface area contributed by atoms with Crippen LogP contribution in [0.4, 0.5) is 0 Å². The minimum Gasteiger partial charge on any atom is -0.481 e. The summed E-state index contributed by atoms with van der Waals surface area (Å²) in [4.78, 5) is 15.7. The van der Waals surface area contributed by atoms with Gasteiger partial charge < -0.3 is 15.0 Å². The number of aryl methyl sites for hydroxylation is 1. The number of aliphatic carboxylic acids is 1. The number of imidazole rings is 1. The molecule has 5 nitrogen and oxygen atoms in total. The van der Waals surface area contributed by atoms with Gasteiger partial charge in [-0.15, -0.1) is 0 Å². The molecule has 1 fully saturated rings. The SMILES string of the molecule is Cc1nc2cc(C3CC(C(=O)O)CN3)ccc2n1C(C)C. The Balaban J connectivity index is 1.94. The van der Waals surface area contributed by atoms with Gasteiger partial charge in [-0.3, -0.25) is 4.79 Å². The van der Waals surface area contributed by atoms with E-state index in [0.717, 1.165) is 22.4 Å². The molecule has 1 aromatic carbocycles. The highest BCUT2D eigenvalue weighted by Gasteiger charge is 2.30. The minimum absolute atomic E-state index is 0.111. The Kier molecular flexibility index (Phi) is 3.45. The number of benzene rings is 1. The molecule has 0 radical (unpaired) electrons. The molecule has 21 heavy (non-hydrogen) atoms. The topological polar surface area (TPSA) is 67.2 Å². The Morgan fingerprint density at radius 3 is 2.86 bits per heavy atom. The molecule has 0 aliphatic carbocycles. The molecule has 1 saturated heterocycles. The van der Waals surface area contributed by atoms with Gasteiger partial charge in [0.1, 0.15) is 5.82 Å². The molecule has 2 aromatic rings. The van der Waals surface area contributed by atoms with Crippen LogP contribution < -0.4 is 5.32 Å². The Hall–Kier alpha value is -1.88. The van der Waals surface area contributed by atoms with Gasteiger partial charge in [-0.05, 0) is 44.9 Å². The molecule has 2 atom stereocenters. The second-order valence-electron chi connectivity index (χ2n) is 6.10. The first kappa shape index (κ1) is 14.1. The van der Waals surface area contributed by atoms with Crippen molar-refractivity contribution in [1.29, 1.82) is 0 Å². The van der Waals surface area contributed by atoms with E-state index in [2.05, 4.69) is 46.9 Å². The first-order valence-corrected chi connectivity index (χ1v) is 7.42. The average Bonchev–Trinajstić information content (AvgIpc) is 3.00. The highest BCUT2D eigenvalue weighted by Crippen LogP contribution is 2.30. The zero-order valence-corrected chi connectivity index (χ0v) is 12.6. The van der Waals surface area contributed by atoms with Crippen LogP contribution in [0.15, 0.2) is 18.2 Å². The van der Waals surface area contributed by atoms with Crippen LogP contribution in [0.2, 0.25) is 0 Å². The number of hydrogen-bond acceptors (Lipinski definition) is 3. The summed E-state index contributed by atoms with van der Waals surface area (Å²) < 4.78 is 2.22. The molecule has 2 N–H and O–H groups in total. The molecule has 1 aliphatic rings. The maximum atomic E-state index is 11.1. The summed E-state index contributed by atoms with van der Waals surface area (Å²) >= 11 is 0. The van der Waals surface area contributed by atoms with E-state index in [1.54, 1.807) is 0 Å². The lowest BCUT2D eigenvalue weighted by atomic mass is 10.00. The number of carboxylic acid groups (broad SMARTS) is 1. The van der Waals surface area contributed by atoms with Crippen molar-refractivity contribution in [2.24, 2.45) is 5.92 Å². The van der Waals surface area contributed by atoms with Crippen LogP contribution >= 0.6 is 0 Å². The standard InChI is InChI=1S/C16H21N3O2/c1-9(2)19-10(3)18-14-6-11(4-5-15(14)19)13-7-12(8-17-13)16(20)21/h4-6,9,12-13,17H,7-8H2,1-3H3,(H,20,21). The number of fused-ring (bicyclic) bond motifs is 1. The molecule has 0 bridgehead atoms. The van der Waals surface area contributed by atoms with E-state index in [0.29, 0.717) is 19.0 Å². The van der Waals surface area contributed by atoms with Crippen LogP contribution in [0.25, 0.3) is 11.0 Å². The number of carboxylic acids is 1. The van der Waals surface area contributed by atoms with Gasteiger partial charge in [0.05, 0.1) is 17.0 Å². The van der Waals surface area contributed by atoms with Gasteiger partial charge in [-0.2, -0.15) is 0 Å². The molecule has 2 heterocycles. The van der Waals surface area contributed by atoms with E-state index in [9.17, 15) is 4.79 Å². The Morgan fingerprint density at radius 2 is 2.24 bits per heavy atom. The highest BCUT2D eigenvalue weighted by atomic mass is 16.4. The number of nitrogens with zero attached hydrogens (tertiary/aromatic N) is 2. The highest BCUT2D eigenvalue weighted by molar-refractivity contribution is 5.77. The van der Waals surface area contributed by atoms with Gasteiger partial charge in [0.15, 0.2) is 0 Å². The van der Waals surface area contributed by atoms with Crippen LogP contribution in [0.1, 0.15) is 43.7 Å². The van der Waals surface area contributed by atoms with E-state index in [1.807, 2.05) is 6.92 Å². The second-order valence-corrected chi connectivity index (χ2v) is 6.10. The summed E-state index contributed by atoms with van der Waals surface area (Å²) in [5.41, 5.74) is 3.25. The third kappa shape index (κ3) is 2.42. The predicted octanol–water partition coefficient (Wildman–Crippen LogP) is 2.66.